The van der Waals surface area contributed by atoms with E-state index in [1.165, 1.54) is 16.6 Å². The fourth-order valence-corrected chi connectivity index (χ4v) is 3.44. The van der Waals surface area contributed by atoms with Crippen LogP contribution in [0.15, 0.2) is 27.7 Å². The Bertz CT molecular complexity index is 537. The van der Waals surface area contributed by atoms with E-state index in [0.717, 1.165) is 21.1 Å². The number of Topliss-reactive ketones (excluding diaryl/α,β-unsaturated/α-hetero) is 1. The average Bonchev–Trinajstić information content (AvgIpc) is 2.81. The maximum atomic E-state index is 12.0. The van der Waals surface area contributed by atoms with Gasteiger partial charge in [-0.1, -0.05) is 0 Å². The summed E-state index contributed by atoms with van der Waals surface area (Å²) in [7, 11) is 0. The topological polar surface area (TPSA) is 30.2 Å². The van der Waals surface area contributed by atoms with Crippen LogP contribution in [0.1, 0.15) is 25.9 Å². The maximum Gasteiger partial charge on any atom is 0.174 e. The van der Waals surface area contributed by atoms with Crippen molar-refractivity contribution in [1.82, 2.24) is 0 Å². The van der Waals surface area contributed by atoms with Crippen molar-refractivity contribution in [3.05, 3.63) is 39.5 Å². The lowest BCUT2D eigenvalue weighted by molar-refractivity contribution is 0.102. The molecular weight excluding hydrogens is 252 g/mol. The van der Waals surface area contributed by atoms with Gasteiger partial charge in [-0.15, -0.1) is 23.1 Å². The van der Waals surface area contributed by atoms with Crippen LogP contribution in [0.4, 0.5) is 0 Å². The van der Waals surface area contributed by atoms with Gasteiger partial charge in [-0.3, -0.25) is 4.79 Å². The summed E-state index contributed by atoms with van der Waals surface area (Å²) in [6, 6.07) is 3.88. The van der Waals surface area contributed by atoms with Crippen molar-refractivity contribution in [2.24, 2.45) is 0 Å². The van der Waals surface area contributed by atoms with Crippen molar-refractivity contribution < 1.29 is 9.21 Å². The number of aryl methyl sites for hydroxylation is 3. The van der Waals surface area contributed by atoms with Crippen LogP contribution in [0.25, 0.3) is 0 Å². The Kier molecular flexibility index (Phi) is 3.74. The van der Waals surface area contributed by atoms with Gasteiger partial charge in [0, 0.05) is 20.2 Å². The monoisotopic (exact) mass is 266 g/mol. The van der Waals surface area contributed by atoms with Crippen molar-refractivity contribution in [2.45, 2.75) is 25.7 Å². The summed E-state index contributed by atoms with van der Waals surface area (Å²) in [5.74, 6) is 1.54. The summed E-state index contributed by atoms with van der Waals surface area (Å²) < 4.78 is 5.20. The number of ketones is 1. The van der Waals surface area contributed by atoms with Gasteiger partial charge in [0.25, 0.3) is 0 Å². The Labute approximate surface area is 109 Å². The Balaban J connectivity index is 2.03. The van der Waals surface area contributed by atoms with Gasteiger partial charge in [0.15, 0.2) is 5.78 Å². The first kappa shape index (κ1) is 12.5. The van der Waals surface area contributed by atoms with Crippen molar-refractivity contribution in [1.29, 1.82) is 0 Å². The molecule has 0 amide bonds. The van der Waals surface area contributed by atoms with Crippen LogP contribution < -0.4 is 0 Å². The molecule has 0 aliphatic rings. The summed E-state index contributed by atoms with van der Waals surface area (Å²) in [5, 5.41) is 0. The van der Waals surface area contributed by atoms with E-state index in [0.29, 0.717) is 5.75 Å². The van der Waals surface area contributed by atoms with Crippen LogP contribution in [0.3, 0.4) is 0 Å². The van der Waals surface area contributed by atoms with Crippen LogP contribution in [-0.2, 0) is 0 Å². The molecule has 2 nitrogen and oxygen atoms in total. The number of furan rings is 1. The van der Waals surface area contributed by atoms with Crippen molar-refractivity contribution >= 4 is 28.9 Å². The molecule has 0 spiro atoms. The van der Waals surface area contributed by atoms with Gasteiger partial charge in [0.1, 0.15) is 5.76 Å². The Morgan fingerprint density at radius 3 is 2.71 bits per heavy atom. The smallest absolute Gasteiger partial charge is 0.174 e. The van der Waals surface area contributed by atoms with Crippen molar-refractivity contribution in [2.75, 3.05) is 5.75 Å². The van der Waals surface area contributed by atoms with Crippen molar-refractivity contribution in [3.63, 3.8) is 0 Å². The second kappa shape index (κ2) is 5.10. The Hall–Kier alpha value is -1.000. The van der Waals surface area contributed by atoms with Gasteiger partial charge in [-0.25, -0.2) is 0 Å². The Morgan fingerprint density at radius 1 is 1.41 bits per heavy atom. The largest absolute Gasteiger partial charge is 0.468 e. The minimum atomic E-state index is 0.192. The zero-order valence-electron chi connectivity index (χ0n) is 10.1. The number of thiophene rings is 1. The molecule has 0 atom stereocenters. The summed E-state index contributed by atoms with van der Waals surface area (Å²) in [6.45, 7) is 5.94. The SMILES string of the molecule is Cc1cc(C(=O)CSc2ccoc2C)c(C)s1. The zero-order valence-corrected chi connectivity index (χ0v) is 11.7. The quantitative estimate of drug-likeness (QED) is 0.612. The highest BCUT2D eigenvalue weighted by molar-refractivity contribution is 8.00. The second-order valence-electron chi connectivity index (χ2n) is 3.88. The predicted molar refractivity (Wildman–Crippen MR) is 72.3 cm³/mol. The van der Waals surface area contributed by atoms with E-state index >= 15 is 0 Å². The molecule has 0 unspecified atom stereocenters. The van der Waals surface area contributed by atoms with E-state index in [9.17, 15) is 4.79 Å². The molecule has 0 saturated carbocycles. The number of carbonyl (C=O) groups excluding carboxylic acids is 1. The summed E-state index contributed by atoms with van der Waals surface area (Å²) in [5.41, 5.74) is 0.862. The van der Waals surface area contributed by atoms with Gasteiger partial charge in [-0.2, -0.15) is 0 Å². The van der Waals surface area contributed by atoms with E-state index in [1.54, 1.807) is 17.6 Å². The van der Waals surface area contributed by atoms with Crippen molar-refractivity contribution in [3.8, 4) is 0 Å². The predicted octanol–water partition coefficient (Wildman–Crippen LogP) is 4.24. The van der Waals surface area contributed by atoms with Crippen LogP contribution in [0, 0.1) is 20.8 Å². The summed E-state index contributed by atoms with van der Waals surface area (Å²) in [4.78, 5) is 15.4. The molecule has 4 heteroatoms. The minimum Gasteiger partial charge on any atom is -0.468 e. The molecule has 0 radical (unpaired) electrons. The highest BCUT2D eigenvalue weighted by atomic mass is 32.2. The first-order chi connectivity index (χ1) is 8.08. The number of hydrogen-bond acceptors (Lipinski definition) is 4. The average molecular weight is 266 g/mol. The maximum absolute atomic E-state index is 12.0. The van der Waals surface area contributed by atoms with Gasteiger partial charge in [0.2, 0.25) is 0 Å². The van der Waals surface area contributed by atoms with E-state index in [-0.39, 0.29) is 5.78 Å². The molecule has 0 saturated heterocycles. The van der Waals surface area contributed by atoms with Crippen LogP contribution in [0.5, 0.6) is 0 Å². The van der Waals surface area contributed by atoms with E-state index in [2.05, 4.69) is 0 Å². The molecule has 17 heavy (non-hydrogen) atoms. The first-order valence-electron chi connectivity index (χ1n) is 5.35. The van der Waals surface area contributed by atoms with E-state index < -0.39 is 0 Å². The first-order valence-corrected chi connectivity index (χ1v) is 7.15. The molecule has 90 valence electrons. The molecule has 2 aromatic heterocycles. The molecule has 0 fully saturated rings. The fraction of sp³-hybridized carbons (Fsp3) is 0.308. The second-order valence-corrected chi connectivity index (χ2v) is 6.36. The van der Waals surface area contributed by atoms with E-state index in [4.69, 9.17) is 4.42 Å². The van der Waals surface area contributed by atoms with Gasteiger partial charge >= 0.3 is 0 Å². The molecule has 2 heterocycles. The van der Waals surface area contributed by atoms with Crippen LogP contribution in [0.2, 0.25) is 0 Å². The van der Waals surface area contributed by atoms with Gasteiger partial charge < -0.3 is 4.42 Å². The van der Waals surface area contributed by atoms with E-state index in [1.807, 2.05) is 32.9 Å². The minimum absolute atomic E-state index is 0.192. The highest BCUT2D eigenvalue weighted by Crippen LogP contribution is 2.26. The lowest BCUT2D eigenvalue weighted by atomic mass is 10.2. The number of thioether (sulfide) groups is 1. The molecule has 2 rings (SSSR count). The molecule has 0 bridgehead atoms. The molecule has 0 aliphatic carbocycles. The number of hydrogen-bond donors (Lipinski definition) is 0. The molecule has 0 N–H and O–H groups in total. The highest BCUT2D eigenvalue weighted by Gasteiger charge is 2.13. The van der Waals surface area contributed by atoms with Crippen LogP contribution >= 0.6 is 23.1 Å². The zero-order chi connectivity index (χ0) is 12.4. The third-order valence-corrected chi connectivity index (χ3v) is 4.62. The Morgan fingerprint density at radius 2 is 2.18 bits per heavy atom. The van der Waals surface area contributed by atoms with Gasteiger partial charge in [0.05, 0.1) is 12.0 Å². The lowest BCUT2D eigenvalue weighted by Crippen LogP contribution is -2.02. The van der Waals surface area contributed by atoms with Gasteiger partial charge in [-0.05, 0) is 32.9 Å². The summed E-state index contributed by atoms with van der Waals surface area (Å²) >= 11 is 3.21. The fourth-order valence-electron chi connectivity index (χ4n) is 1.65. The lowest BCUT2D eigenvalue weighted by Gasteiger charge is -1.99. The number of carbonyl (C=O) groups is 1. The normalized spacial score (nSPS) is 10.8. The molecule has 0 aromatic carbocycles. The molecular formula is C13H14O2S2. The third-order valence-electron chi connectivity index (χ3n) is 2.51. The molecule has 2 aromatic rings. The van der Waals surface area contributed by atoms with Crippen LogP contribution in [-0.4, -0.2) is 11.5 Å². The summed E-state index contributed by atoms with van der Waals surface area (Å²) in [6.07, 6.45) is 1.65. The molecule has 0 aliphatic heterocycles. The standard InChI is InChI=1S/C13H14O2S2/c1-8-6-11(10(3)17-8)12(14)7-16-13-4-5-15-9(13)2/h4-6H,7H2,1-3H3. The number of rotatable bonds is 4. The third kappa shape index (κ3) is 2.82.